The molecule has 1 N–H and O–H groups in total. The second kappa shape index (κ2) is 7.83. The van der Waals surface area contributed by atoms with E-state index in [1.807, 2.05) is 30.3 Å². The molecule has 2 heterocycles. The van der Waals surface area contributed by atoms with Crippen LogP contribution in [0.4, 0.5) is 0 Å². The standard InChI is InChI=1S/C20H26N4O2/c1-5-11-21-17(13(2)3)18-22-19-16(14(4)23-26-19)20(25)24(18)12-15-9-7-6-8-10-15/h6-10,13,17,21H,5,11-12H2,1-4H3. The van der Waals surface area contributed by atoms with Crippen LogP contribution in [0.15, 0.2) is 39.6 Å². The van der Waals surface area contributed by atoms with Gasteiger partial charge in [-0.05, 0) is 31.4 Å². The Bertz CT molecular complexity index is 928. The lowest BCUT2D eigenvalue weighted by atomic mass is 10.0. The number of nitrogens with one attached hydrogen (secondary N) is 1. The SMILES string of the molecule is CCCNC(c1nc2onc(C)c2c(=O)n1Cc1ccccc1)C(C)C. The molecule has 6 heteroatoms. The Kier molecular flexibility index (Phi) is 5.52. The summed E-state index contributed by atoms with van der Waals surface area (Å²) in [5.41, 5.74) is 1.85. The molecule has 6 nitrogen and oxygen atoms in total. The lowest BCUT2D eigenvalue weighted by Crippen LogP contribution is -2.35. The van der Waals surface area contributed by atoms with Crippen molar-refractivity contribution in [3.63, 3.8) is 0 Å². The van der Waals surface area contributed by atoms with Crippen molar-refractivity contribution in [2.45, 2.75) is 46.7 Å². The van der Waals surface area contributed by atoms with Gasteiger partial charge >= 0.3 is 0 Å². The quantitative estimate of drug-likeness (QED) is 0.704. The van der Waals surface area contributed by atoms with Crippen molar-refractivity contribution in [2.75, 3.05) is 6.54 Å². The lowest BCUT2D eigenvalue weighted by Gasteiger charge is -2.24. The van der Waals surface area contributed by atoms with Crippen LogP contribution in [0.1, 0.15) is 50.3 Å². The Hall–Kier alpha value is -2.47. The molecule has 3 rings (SSSR count). The maximum Gasteiger partial charge on any atom is 0.267 e. The molecule has 1 atom stereocenters. The molecule has 0 aliphatic carbocycles. The van der Waals surface area contributed by atoms with E-state index < -0.39 is 0 Å². The fourth-order valence-electron chi connectivity index (χ4n) is 3.16. The van der Waals surface area contributed by atoms with Crippen LogP contribution >= 0.6 is 0 Å². The molecule has 0 amide bonds. The molecule has 0 bridgehead atoms. The van der Waals surface area contributed by atoms with Crippen LogP contribution < -0.4 is 10.9 Å². The molecule has 0 radical (unpaired) electrons. The molecule has 26 heavy (non-hydrogen) atoms. The van der Waals surface area contributed by atoms with E-state index in [-0.39, 0.29) is 17.5 Å². The van der Waals surface area contributed by atoms with Gasteiger partial charge in [0.2, 0.25) is 0 Å². The van der Waals surface area contributed by atoms with Crippen molar-refractivity contribution in [1.82, 2.24) is 20.0 Å². The number of rotatable bonds is 7. The molecule has 0 saturated carbocycles. The van der Waals surface area contributed by atoms with Crippen LogP contribution in [-0.2, 0) is 6.54 Å². The largest absolute Gasteiger partial charge is 0.335 e. The van der Waals surface area contributed by atoms with Gasteiger partial charge in [-0.2, -0.15) is 4.98 Å². The summed E-state index contributed by atoms with van der Waals surface area (Å²) in [6.45, 7) is 9.48. The predicted molar refractivity (Wildman–Crippen MR) is 102 cm³/mol. The highest BCUT2D eigenvalue weighted by Crippen LogP contribution is 2.23. The van der Waals surface area contributed by atoms with E-state index in [0.29, 0.717) is 29.2 Å². The Labute approximate surface area is 153 Å². The Morgan fingerprint density at radius 1 is 1.23 bits per heavy atom. The summed E-state index contributed by atoms with van der Waals surface area (Å²) in [5.74, 6) is 0.975. The average Bonchev–Trinajstić information content (AvgIpc) is 3.00. The third-order valence-corrected chi connectivity index (χ3v) is 4.54. The molecular weight excluding hydrogens is 328 g/mol. The van der Waals surface area contributed by atoms with Crippen molar-refractivity contribution in [3.8, 4) is 0 Å². The Balaban J connectivity index is 2.18. The zero-order valence-corrected chi connectivity index (χ0v) is 15.8. The molecular formula is C20H26N4O2. The highest BCUT2D eigenvalue weighted by atomic mass is 16.5. The fourth-order valence-corrected chi connectivity index (χ4v) is 3.16. The van der Waals surface area contributed by atoms with Gasteiger partial charge in [0.05, 0.1) is 18.3 Å². The van der Waals surface area contributed by atoms with Crippen molar-refractivity contribution < 1.29 is 4.52 Å². The lowest BCUT2D eigenvalue weighted by molar-refractivity contribution is 0.374. The number of benzene rings is 1. The molecule has 1 unspecified atom stereocenters. The van der Waals surface area contributed by atoms with Gasteiger partial charge in [-0.15, -0.1) is 0 Å². The van der Waals surface area contributed by atoms with Gasteiger partial charge in [0.25, 0.3) is 11.3 Å². The van der Waals surface area contributed by atoms with Crippen LogP contribution in [0.5, 0.6) is 0 Å². The van der Waals surface area contributed by atoms with Gasteiger partial charge in [-0.3, -0.25) is 9.36 Å². The smallest absolute Gasteiger partial charge is 0.267 e. The maximum atomic E-state index is 13.2. The van der Waals surface area contributed by atoms with E-state index in [0.717, 1.165) is 18.5 Å². The first kappa shape index (κ1) is 18.3. The molecule has 0 aliphatic heterocycles. The van der Waals surface area contributed by atoms with E-state index >= 15 is 0 Å². The van der Waals surface area contributed by atoms with Crippen LogP contribution in [-0.4, -0.2) is 21.3 Å². The highest BCUT2D eigenvalue weighted by Gasteiger charge is 2.25. The van der Waals surface area contributed by atoms with Crippen molar-refractivity contribution in [2.24, 2.45) is 5.92 Å². The summed E-state index contributed by atoms with van der Waals surface area (Å²) in [7, 11) is 0. The van der Waals surface area contributed by atoms with E-state index in [4.69, 9.17) is 9.51 Å². The molecule has 2 aromatic heterocycles. The molecule has 0 spiro atoms. The van der Waals surface area contributed by atoms with Crippen LogP contribution in [0, 0.1) is 12.8 Å². The van der Waals surface area contributed by atoms with Gasteiger partial charge in [-0.25, -0.2) is 0 Å². The zero-order chi connectivity index (χ0) is 18.7. The number of nitrogens with zero attached hydrogens (tertiary/aromatic N) is 3. The average molecular weight is 354 g/mol. The third kappa shape index (κ3) is 3.55. The van der Waals surface area contributed by atoms with Gasteiger partial charge in [0.15, 0.2) is 0 Å². The number of aromatic nitrogens is 3. The molecule has 0 fully saturated rings. The summed E-state index contributed by atoms with van der Waals surface area (Å²) < 4.78 is 7.07. The third-order valence-electron chi connectivity index (χ3n) is 4.54. The Morgan fingerprint density at radius 3 is 2.62 bits per heavy atom. The maximum absolute atomic E-state index is 13.2. The first-order chi connectivity index (χ1) is 12.5. The molecule has 138 valence electrons. The van der Waals surface area contributed by atoms with Crippen molar-refractivity contribution in [3.05, 3.63) is 57.8 Å². The first-order valence-corrected chi connectivity index (χ1v) is 9.17. The van der Waals surface area contributed by atoms with Crippen LogP contribution in [0.2, 0.25) is 0 Å². The van der Waals surface area contributed by atoms with Crippen LogP contribution in [0.25, 0.3) is 11.1 Å². The van der Waals surface area contributed by atoms with E-state index in [1.54, 1.807) is 11.5 Å². The van der Waals surface area contributed by atoms with E-state index in [2.05, 4.69) is 31.2 Å². The monoisotopic (exact) mass is 354 g/mol. The first-order valence-electron chi connectivity index (χ1n) is 9.17. The number of hydrogen-bond acceptors (Lipinski definition) is 5. The minimum absolute atomic E-state index is 0.0406. The van der Waals surface area contributed by atoms with Gasteiger partial charge in [0.1, 0.15) is 11.2 Å². The van der Waals surface area contributed by atoms with Gasteiger partial charge in [0, 0.05) is 0 Å². The zero-order valence-electron chi connectivity index (χ0n) is 15.8. The molecule has 1 aromatic carbocycles. The number of aryl methyl sites for hydroxylation is 1. The highest BCUT2D eigenvalue weighted by molar-refractivity contribution is 5.74. The second-order valence-electron chi connectivity index (χ2n) is 6.97. The molecule has 3 aromatic rings. The minimum Gasteiger partial charge on any atom is -0.335 e. The summed E-state index contributed by atoms with van der Waals surface area (Å²) in [4.78, 5) is 17.9. The van der Waals surface area contributed by atoms with Crippen LogP contribution in [0.3, 0.4) is 0 Å². The number of hydrogen-bond donors (Lipinski definition) is 1. The summed E-state index contributed by atoms with van der Waals surface area (Å²) in [5, 5.41) is 7.93. The van der Waals surface area contributed by atoms with Gasteiger partial charge < -0.3 is 9.84 Å². The van der Waals surface area contributed by atoms with Gasteiger partial charge in [-0.1, -0.05) is 56.3 Å². The van der Waals surface area contributed by atoms with Crippen molar-refractivity contribution >= 4 is 11.1 Å². The minimum atomic E-state index is -0.100. The topological polar surface area (TPSA) is 73.0 Å². The number of fused-ring (bicyclic) bond motifs is 1. The molecule has 0 aliphatic rings. The molecule has 0 saturated heterocycles. The second-order valence-corrected chi connectivity index (χ2v) is 6.97. The predicted octanol–water partition coefficient (Wildman–Crippen LogP) is 3.44. The normalized spacial score (nSPS) is 12.8. The van der Waals surface area contributed by atoms with Crippen molar-refractivity contribution in [1.29, 1.82) is 0 Å². The Morgan fingerprint density at radius 2 is 1.96 bits per heavy atom. The summed E-state index contributed by atoms with van der Waals surface area (Å²) >= 11 is 0. The summed E-state index contributed by atoms with van der Waals surface area (Å²) in [6.07, 6.45) is 1.01. The fraction of sp³-hybridized carbons (Fsp3) is 0.450. The van der Waals surface area contributed by atoms with E-state index in [1.165, 1.54) is 0 Å². The van der Waals surface area contributed by atoms with E-state index in [9.17, 15) is 4.79 Å². The summed E-state index contributed by atoms with van der Waals surface area (Å²) in [6, 6.07) is 9.92.